The molecule has 0 spiro atoms. The maximum atomic E-state index is 5.90. The highest BCUT2D eigenvalue weighted by Gasteiger charge is 2.23. The van der Waals surface area contributed by atoms with Crippen molar-refractivity contribution in [1.29, 1.82) is 0 Å². The highest BCUT2D eigenvalue weighted by atomic mass is 16.5. The van der Waals surface area contributed by atoms with E-state index in [9.17, 15) is 0 Å². The molecule has 2 N–H and O–H groups in total. The van der Waals surface area contributed by atoms with Gasteiger partial charge in [-0.3, -0.25) is 4.90 Å². The molecule has 3 nitrogen and oxygen atoms in total. The second kappa shape index (κ2) is 6.29. The molecule has 1 heterocycles. The number of hydrogen-bond donors (Lipinski definition) is 1. The average molecular weight is 262 g/mol. The molecule has 0 aliphatic carbocycles. The predicted molar refractivity (Wildman–Crippen MR) is 80.2 cm³/mol. The van der Waals surface area contributed by atoms with Crippen molar-refractivity contribution in [1.82, 2.24) is 4.90 Å². The van der Waals surface area contributed by atoms with Gasteiger partial charge in [0.15, 0.2) is 0 Å². The van der Waals surface area contributed by atoms with Gasteiger partial charge in [-0.05, 0) is 49.9 Å². The third-order valence-corrected chi connectivity index (χ3v) is 4.20. The van der Waals surface area contributed by atoms with Crippen molar-refractivity contribution in [3.8, 4) is 5.75 Å². The van der Waals surface area contributed by atoms with Crippen LogP contribution in [0.15, 0.2) is 18.2 Å². The fourth-order valence-electron chi connectivity index (χ4n) is 2.75. The normalized spacial score (nSPS) is 24.4. The van der Waals surface area contributed by atoms with E-state index in [1.165, 1.54) is 25.1 Å². The van der Waals surface area contributed by atoms with Gasteiger partial charge in [-0.1, -0.05) is 13.8 Å². The van der Waals surface area contributed by atoms with Crippen LogP contribution >= 0.6 is 0 Å². The molecule has 19 heavy (non-hydrogen) atoms. The SMILES string of the molecule is CCOc1ccc(N)cc1CN1CCC(C)C(C)C1. The smallest absolute Gasteiger partial charge is 0.123 e. The van der Waals surface area contributed by atoms with E-state index in [0.717, 1.165) is 29.8 Å². The Morgan fingerprint density at radius 2 is 2.11 bits per heavy atom. The summed E-state index contributed by atoms with van der Waals surface area (Å²) in [6, 6.07) is 5.95. The van der Waals surface area contributed by atoms with Crippen molar-refractivity contribution in [2.75, 3.05) is 25.4 Å². The zero-order chi connectivity index (χ0) is 13.8. The molecule has 1 aliphatic heterocycles. The summed E-state index contributed by atoms with van der Waals surface area (Å²) in [5.41, 5.74) is 7.93. The van der Waals surface area contributed by atoms with Crippen LogP contribution in [0.2, 0.25) is 0 Å². The predicted octanol–water partition coefficient (Wildman–Crippen LogP) is 3.15. The number of rotatable bonds is 4. The molecule has 2 atom stereocenters. The van der Waals surface area contributed by atoms with Crippen molar-refractivity contribution in [3.63, 3.8) is 0 Å². The maximum Gasteiger partial charge on any atom is 0.123 e. The van der Waals surface area contributed by atoms with E-state index in [-0.39, 0.29) is 0 Å². The van der Waals surface area contributed by atoms with Gasteiger partial charge in [-0.2, -0.15) is 0 Å². The molecule has 1 fully saturated rings. The van der Waals surface area contributed by atoms with Crippen LogP contribution in [0.4, 0.5) is 5.69 Å². The monoisotopic (exact) mass is 262 g/mol. The topological polar surface area (TPSA) is 38.5 Å². The second-order valence-electron chi connectivity index (χ2n) is 5.78. The Bertz CT molecular complexity index is 419. The van der Waals surface area contributed by atoms with Crippen LogP contribution < -0.4 is 10.5 Å². The summed E-state index contributed by atoms with van der Waals surface area (Å²) >= 11 is 0. The van der Waals surface area contributed by atoms with Gasteiger partial charge in [0, 0.05) is 24.3 Å². The van der Waals surface area contributed by atoms with Crippen molar-refractivity contribution < 1.29 is 4.74 Å². The minimum Gasteiger partial charge on any atom is -0.494 e. The number of anilines is 1. The minimum atomic E-state index is 0.699. The molecule has 0 radical (unpaired) electrons. The Morgan fingerprint density at radius 1 is 1.32 bits per heavy atom. The lowest BCUT2D eigenvalue weighted by Gasteiger charge is -2.35. The highest BCUT2D eigenvalue weighted by molar-refractivity contribution is 5.47. The van der Waals surface area contributed by atoms with E-state index in [2.05, 4.69) is 18.7 Å². The minimum absolute atomic E-state index is 0.699. The summed E-state index contributed by atoms with van der Waals surface area (Å²) in [7, 11) is 0. The summed E-state index contributed by atoms with van der Waals surface area (Å²) < 4.78 is 5.70. The summed E-state index contributed by atoms with van der Waals surface area (Å²) in [6.45, 7) is 10.7. The van der Waals surface area contributed by atoms with Gasteiger partial charge in [0.1, 0.15) is 5.75 Å². The summed E-state index contributed by atoms with van der Waals surface area (Å²) in [4.78, 5) is 2.52. The number of nitrogens with zero attached hydrogens (tertiary/aromatic N) is 1. The number of hydrogen-bond acceptors (Lipinski definition) is 3. The van der Waals surface area contributed by atoms with Crippen LogP contribution in [-0.4, -0.2) is 24.6 Å². The van der Waals surface area contributed by atoms with Crippen LogP contribution in [0.1, 0.15) is 32.8 Å². The molecule has 106 valence electrons. The fraction of sp³-hybridized carbons (Fsp3) is 0.625. The molecule has 1 aliphatic rings. The van der Waals surface area contributed by atoms with Gasteiger partial charge >= 0.3 is 0 Å². The lowest BCUT2D eigenvalue weighted by Crippen LogP contribution is -2.37. The Labute approximate surface area is 116 Å². The number of ether oxygens (including phenoxy) is 1. The first-order valence-electron chi connectivity index (χ1n) is 7.33. The van der Waals surface area contributed by atoms with Gasteiger partial charge < -0.3 is 10.5 Å². The quantitative estimate of drug-likeness (QED) is 0.847. The van der Waals surface area contributed by atoms with Crippen molar-refractivity contribution in [2.24, 2.45) is 11.8 Å². The number of nitrogens with two attached hydrogens (primary N) is 1. The number of nitrogen functional groups attached to an aromatic ring is 1. The first-order chi connectivity index (χ1) is 9.10. The van der Waals surface area contributed by atoms with Crippen LogP contribution in [0, 0.1) is 11.8 Å². The Morgan fingerprint density at radius 3 is 2.79 bits per heavy atom. The number of benzene rings is 1. The first kappa shape index (κ1) is 14.2. The van der Waals surface area contributed by atoms with E-state index in [4.69, 9.17) is 10.5 Å². The number of piperidine rings is 1. The fourth-order valence-corrected chi connectivity index (χ4v) is 2.75. The standard InChI is InChI=1S/C16H26N2O/c1-4-19-16-6-5-15(17)9-14(16)11-18-8-7-12(2)13(3)10-18/h5-6,9,12-13H,4,7-8,10-11,17H2,1-3H3. The van der Waals surface area contributed by atoms with E-state index in [1.807, 2.05) is 25.1 Å². The third-order valence-electron chi connectivity index (χ3n) is 4.20. The van der Waals surface area contributed by atoms with Crippen LogP contribution in [0.3, 0.4) is 0 Å². The zero-order valence-electron chi connectivity index (χ0n) is 12.4. The average Bonchev–Trinajstić information content (AvgIpc) is 2.37. The molecule has 1 saturated heterocycles. The molecule has 1 aromatic carbocycles. The van der Waals surface area contributed by atoms with E-state index < -0.39 is 0 Å². The lowest BCUT2D eigenvalue weighted by atomic mass is 9.88. The van der Waals surface area contributed by atoms with E-state index in [0.29, 0.717) is 6.61 Å². The molecule has 3 heteroatoms. The van der Waals surface area contributed by atoms with Crippen molar-refractivity contribution in [3.05, 3.63) is 23.8 Å². The van der Waals surface area contributed by atoms with Crippen molar-refractivity contribution in [2.45, 2.75) is 33.7 Å². The third kappa shape index (κ3) is 3.63. The highest BCUT2D eigenvalue weighted by Crippen LogP contribution is 2.27. The molecule has 0 amide bonds. The van der Waals surface area contributed by atoms with Gasteiger partial charge in [-0.25, -0.2) is 0 Å². The maximum absolute atomic E-state index is 5.90. The van der Waals surface area contributed by atoms with Gasteiger partial charge in [0.05, 0.1) is 6.61 Å². The Balaban J connectivity index is 2.07. The molecule has 0 saturated carbocycles. The zero-order valence-corrected chi connectivity index (χ0v) is 12.4. The van der Waals surface area contributed by atoms with E-state index in [1.54, 1.807) is 0 Å². The number of likely N-dealkylation sites (tertiary alicyclic amines) is 1. The summed E-state index contributed by atoms with van der Waals surface area (Å²) in [5, 5.41) is 0. The van der Waals surface area contributed by atoms with Gasteiger partial charge in [0.25, 0.3) is 0 Å². The molecule has 2 rings (SSSR count). The molecule has 2 unspecified atom stereocenters. The van der Waals surface area contributed by atoms with Crippen LogP contribution in [0.25, 0.3) is 0 Å². The van der Waals surface area contributed by atoms with E-state index >= 15 is 0 Å². The Hall–Kier alpha value is -1.22. The van der Waals surface area contributed by atoms with Crippen molar-refractivity contribution >= 4 is 5.69 Å². The van der Waals surface area contributed by atoms with Gasteiger partial charge in [0.2, 0.25) is 0 Å². The van der Waals surface area contributed by atoms with Crippen LogP contribution in [-0.2, 0) is 6.54 Å². The largest absolute Gasteiger partial charge is 0.494 e. The molecule has 0 bridgehead atoms. The molecular formula is C16H26N2O. The lowest BCUT2D eigenvalue weighted by molar-refractivity contribution is 0.131. The molecule has 0 aromatic heterocycles. The first-order valence-corrected chi connectivity index (χ1v) is 7.33. The summed E-state index contributed by atoms with van der Waals surface area (Å²) in [5.74, 6) is 2.58. The second-order valence-corrected chi connectivity index (χ2v) is 5.78. The molecular weight excluding hydrogens is 236 g/mol. The Kier molecular flexibility index (Phi) is 4.70. The van der Waals surface area contributed by atoms with Crippen LogP contribution in [0.5, 0.6) is 5.75 Å². The molecule has 1 aromatic rings. The summed E-state index contributed by atoms with van der Waals surface area (Å²) in [6.07, 6.45) is 1.29. The van der Waals surface area contributed by atoms with Gasteiger partial charge in [-0.15, -0.1) is 0 Å².